The van der Waals surface area contributed by atoms with E-state index in [1.165, 1.54) is 19.2 Å². The molecule has 0 saturated heterocycles. The minimum absolute atomic E-state index is 0.191. The van der Waals surface area contributed by atoms with Gasteiger partial charge >= 0.3 is 0 Å². The number of sulfonamides is 1. The third-order valence-corrected chi connectivity index (χ3v) is 4.59. The zero-order valence-electron chi connectivity index (χ0n) is 11.3. The molecular formula is C15H14N2O3S. The fraction of sp³-hybridized carbons (Fsp3) is 0.0667. The van der Waals surface area contributed by atoms with E-state index in [4.69, 9.17) is 4.74 Å². The van der Waals surface area contributed by atoms with Crippen molar-refractivity contribution >= 4 is 26.6 Å². The van der Waals surface area contributed by atoms with Crippen LogP contribution < -0.4 is 9.46 Å². The van der Waals surface area contributed by atoms with Crippen LogP contribution in [0, 0.1) is 0 Å². The minimum atomic E-state index is -3.63. The van der Waals surface area contributed by atoms with Crippen LogP contribution in [0.1, 0.15) is 0 Å². The second kappa shape index (κ2) is 5.14. The van der Waals surface area contributed by atoms with Crippen molar-refractivity contribution in [3.63, 3.8) is 0 Å². The first-order valence-corrected chi connectivity index (χ1v) is 7.81. The molecule has 108 valence electrons. The van der Waals surface area contributed by atoms with Gasteiger partial charge in [0.25, 0.3) is 10.0 Å². The molecule has 0 aliphatic rings. The zero-order valence-corrected chi connectivity index (χ0v) is 12.1. The van der Waals surface area contributed by atoms with Gasteiger partial charge in [0.2, 0.25) is 0 Å². The molecule has 2 N–H and O–H groups in total. The maximum Gasteiger partial charge on any atom is 0.261 e. The van der Waals surface area contributed by atoms with Crippen molar-refractivity contribution in [1.29, 1.82) is 0 Å². The molecule has 0 saturated carbocycles. The molecule has 0 radical (unpaired) electrons. The average molecular weight is 302 g/mol. The number of H-pyrrole nitrogens is 1. The summed E-state index contributed by atoms with van der Waals surface area (Å²) in [6, 6.07) is 13.5. The molecule has 0 aliphatic heterocycles. The number of ether oxygens (including phenoxy) is 1. The van der Waals surface area contributed by atoms with Crippen molar-refractivity contribution in [2.45, 2.75) is 4.90 Å². The lowest BCUT2D eigenvalue weighted by Crippen LogP contribution is -2.13. The summed E-state index contributed by atoms with van der Waals surface area (Å²) in [5.41, 5.74) is 1.43. The van der Waals surface area contributed by atoms with E-state index in [1.54, 1.807) is 30.5 Å². The van der Waals surface area contributed by atoms with Crippen LogP contribution >= 0.6 is 0 Å². The van der Waals surface area contributed by atoms with E-state index in [1.807, 2.05) is 12.1 Å². The molecule has 2 aromatic carbocycles. The molecule has 0 amide bonds. The van der Waals surface area contributed by atoms with Crippen LogP contribution in [0.25, 0.3) is 10.9 Å². The predicted octanol–water partition coefficient (Wildman–Crippen LogP) is 2.98. The Labute approximate surface area is 122 Å². The molecule has 1 aromatic heterocycles. The zero-order chi connectivity index (χ0) is 14.9. The number of anilines is 1. The molecule has 5 nitrogen and oxygen atoms in total. The maximum absolute atomic E-state index is 12.4. The van der Waals surface area contributed by atoms with Gasteiger partial charge < -0.3 is 9.72 Å². The Morgan fingerprint density at radius 2 is 1.81 bits per heavy atom. The summed E-state index contributed by atoms with van der Waals surface area (Å²) in [6.07, 6.45) is 1.77. The molecule has 6 heteroatoms. The van der Waals surface area contributed by atoms with Gasteiger partial charge in [0.15, 0.2) is 0 Å². The lowest BCUT2D eigenvalue weighted by Gasteiger charge is -2.09. The third-order valence-electron chi connectivity index (χ3n) is 3.21. The van der Waals surface area contributed by atoms with Crippen molar-refractivity contribution in [1.82, 2.24) is 4.98 Å². The maximum atomic E-state index is 12.4. The average Bonchev–Trinajstić information content (AvgIpc) is 2.97. The molecule has 0 fully saturated rings. The summed E-state index contributed by atoms with van der Waals surface area (Å²) in [7, 11) is -2.09. The Hall–Kier alpha value is -2.47. The lowest BCUT2D eigenvalue weighted by atomic mass is 10.2. The van der Waals surface area contributed by atoms with Crippen LogP contribution in [-0.4, -0.2) is 20.5 Å². The Balaban J connectivity index is 1.97. The molecule has 3 rings (SSSR count). The quantitative estimate of drug-likeness (QED) is 0.778. The van der Waals surface area contributed by atoms with E-state index in [0.717, 1.165) is 10.9 Å². The fourth-order valence-corrected chi connectivity index (χ4v) is 3.21. The number of hydrogen-bond acceptors (Lipinski definition) is 3. The van der Waals surface area contributed by atoms with Gasteiger partial charge in [0, 0.05) is 17.1 Å². The van der Waals surface area contributed by atoms with Gasteiger partial charge in [-0.05, 0) is 42.5 Å². The first-order chi connectivity index (χ1) is 10.1. The molecular weight excluding hydrogens is 288 g/mol. The van der Waals surface area contributed by atoms with Crippen molar-refractivity contribution < 1.29 is 13.2 Å². The summed E-state index contributed by atoms with van der Waals surface area (Å²) in [5, 5.41) is 0.828. The minimum Gasteiger partial charge on any atom is -0.497 e. The largest absolute Gasteiger partial charge is 0.497 e. The van der Waals surface area contributed by atoms with Gasteiger partial charge in [0.1, 0.15) is 5.75 Å². The standard InChI is InChI=1S/C15H14N2O3S/c1-20-11-5-7-12(8-6-11)21(18,19)17-15-4-2-3-14-13(15)9-10-16-14/h2-10,16-17H,1H3. The van der Waals surface area contributed by atoms with E-state index in [0.29, 0.717) is 11.4 Å². The van der Waals surface area contributed by atoms with Gasteiger partial charge in [-0.1, -0.05) is 6.07 Å². The van der Waals surface area contributed by atoms with Gasteiger partial charge in [-0.3, -0.25) is 4.72 Å². The number of fused-ring (bicyclic) bond motifs is 1. The highest BCUT2D eigenvalue weighted by molar-refractivity contribution is 7.92. The summed E-state index contributed by atoms with van der Waals surface area (Å²) in [5.74, 6) is 0.613. The van der Waals surface area contributed by atoms with E-state index in [2.05, 4.69) is 9.71 Å². The highest BCUT2D eigenvalue weighted by Gasteiger charge is 2.15. The van der Waals surface area contributed by atoms with Gasteiger partial charge in [0.05, 0.1) is 17.7 Å². The van der Waals surface area contributed by atoms with Crippen LogP contribution in [0.2, 0.25) is 0 Å². The summed E-state index contributed by atoms with van der Waals surface area (Å²) < 4.78 is 32.4. The number of methoxy groups -OCH3 is 1. The van der Waals surface area contributed by atoms with E-state index in [9.17, 15) is 8.42 Å². The molecule has 0 unspecified atom stereocenters. The van der Waals surface area contributed by atoms with Gasteiger partial charge in [-0.15, -0.1) is 0 Å². The van der Waals surface area contributed by atoms with Gasteiger partial charge in [-0.2, -0.15) is 0 Å². The number of hydrogen-bond donors (Lipinski definition) is 2. The van der Waals surface area contributed by atoms with E-state index < -0.39 is 10.0 Å². The second-order valence-electron chi connectivity index (χ2n) is 4.53. The molecule has 0 bridgehead atoms. The third kappa shape index (κ3) is 2.57. The Morgan fingerprint density at radius 3 is 2.52 bits per heavy atom. The fourth-order valence-electron chi connectivity index (χ4n) is 2.13. The van der Waals surface area contributed by atoms with Crippen molar-refractivity contribution in [3.05, 3.63) is 54.7 Å². The monoisotopic (exact) mass is 302 g/mol. The molecule has 3 aromatic rings. The number of nitrogens with one attached hydrogen (secondary N) is 2. The Kier molecular flexibility index (Phi) is 3.31. The number of rotatable bonds is 4. The SMILES string of the molecule is COc1ccc(S(=O)(=O)Nc2cccc3[nH]ccc23)cc1. The first kappa shape index (κ1) is 13.5. The van der Waals surface area contributed by atoms with Crippen LogP contribution in [-0.2, 0) is 10.0 Å². The van der Waals surface area contributed by atoms with Crippen LogP contribution in [0.15, 0.2) is 59.6 Å². The van der Waals surface area contributed by atoms with Crippen LogP contribution in [0.5, 0.6) is 5.75 Å². The van der Waals surface area contributed by atoms with Crippen molar-refractivity contribution in [2.75, 3.05) is 11.8 Å². The second-order valence-corrected chi connectivity index (χ2v) is 6.21. The molecule has 21 heavy (non-hydrogen) atoms. The van der Waals surface area contributed by atoms with E-state index in [-0.39, 0.29) is 4.90 Å². The molecule has 0 spiro atoms. The predicted molar refractivity (Wildman–Crippen MR) is 82.1 cm³/mol. The number of aromatic nitrogens is 1. The van der Waals surface area contributed by atoms with Crippen molar-refractivity contribution in [2.24, 2.45) is 0 Å². The smallest absolute Gasteiger partial charge is 0.261 e. The number of benzene rings is 2. The molecule has 1 heterocycles. The van der Waals surface area contributed by atoms with Gasteiger partial charge in [-0.25, -0.2) is 8.42 Å². The first-order valence-electron chi connectivity index (χ1n) is 6.33. The highest BCUT2D eigenvalue weighted by atomic mass is 32.2. The summed E-state index contributed by atoms with van der Waals surface area (Å²) in [4.78, 5) is 3.24. The summed E-state index contributed by atoms with van der Waals surface area (Å²) in [6.45, 7) is 0. The topological polar surface area (TPSA) is 71.2 Å². The van der Waals surface area contributed by atoms with Crippen molar-refractivity contribution in [3.8, 4) is 5.75 Å². The highest BCUT2D eigenvalue weighted by Crippen LogP contribution is 2.25. The Morgan fingerprint density at radius 1 is 1.05 bits per heavy atom. The molecule has 0 aliphatic carbocycles. The Bertz CT molecular complexity index is 867. The normalized spacial score (nSPS) is 11.5. The van der Waals surface area contributed by atoms with E-state index >= 15 is 0 Å². The lowest BCUT2D eigenvalue weighted by molar-refractivity contribution is 0.414. The summed E-state index contributed by atoms with van der Waals surface area (Å²) >= 11 is 0. The van der Waals surface area contributed by atoms with Crippen LogP contribution in [0.4, 0.5) is 5.69 Å². The van der Waals surface area contributed by atoms with Crippen LogP contribution in [0.3, 0.4) is 0 Å². The number of aromatic amines is 1. The molecule has 0 atom stereocenters.